The molecule has 2 aromatic carbocycles. The largest absolute Gasteiger partial charge is 0.368 e. The number of halogens is 5. The first-order valence-electron chi connectivity index (χ1n) is 23.2. The first-order valence-corrected chi connectivity index (χ1v) is 23.9. The molecule has 374 valence electrons. The maximum atomic E-state index is 14.8. The molecule has 8 heterocycles. The third-order valence-corrected chi connectivity index (χ3v) is 14.4. The smallest absolute Gasteiger partial charge is 0.365 e. The fourth-order valence-corrected chi connectivity index (χ4v) is 11.1. The van der Waals surface area contributed by atoms with E-state index >= 15 is 0 Å². The molecule has 4 N–H and O–H groups in total. The molecule has 26 heteroatoms. The Kier molecular flexibility index (Phi) is 13.4. The maximum absolute atomic E-state index is 14.8. The summed E-state index contributed by atoms with van der Waals surface area (Å²) in [4.78, 5) is 46.0. The van der Waals surface area contributed by atoms with Crippen LogP contribution in [0.15, 0.2) is 50.7 Å². The average Bonchev–Trinajstić information content (AvgIpc) is 4.14. The van der Waals surface area contributed by atoms with Crippen LogP contribution >= 0.6 is 15.9 Å². The standard InChI is InChI=1S/C23H26F2N10O.C22H26BrF2N9O/c1-23(2)10-14(8-15-5-4-6-34(15)23)28-20-17(25)12-27-21(30-20)29-18-9-19(13(11-26)7-16(18)24)35-22(36)33(3)31-32-35;1-22(2)10-12(7-13-5-4-6-33(13)22)27-19-16(25)11-26-20(29-19)28-17-9-18(14(23)8-15(17)24)34-21(35)32(3)30-31-34/h7,9,12,14-15H,4-6,8,10H2,1-3H3,(H2,27,28,29,30);8-9,11-13H,4-7,10H2,1-3H3,(H2,26,27,28,29)/t14-,15+;12-,13+/m11/s1. The van der Waals surface area contributed by atoms with E-state index in [-0.39, 0.29) is 75.0 Å². The molecular weight excluding hydrogens is 995 g/mol. The second-order valence-electron chi connectivity index (χ2n) is 19.5. The SMILES string of the molecule is Cn1nnn(-c2cc(Nc3ncc(F)c(N[C@@H]4C[C@@H]5CCCN5C(C)(C)C4)n3)c(F)cc2Br)c1=O.Cn1nnn(-c2cc(Nc3ncc(F)c(N[C@@H]4C[C@@H]5CCCN5C(C)(C)C4)n3)c(F)cc2C#N)c1=O. The predicted octanol–water partition coefficient (Wildman–Crippen LogP) is 5.82. The summed E-state index contributed by atoms with van der Waals surface area (Å²) in [5.41, 5.74) is -1.02. The van der Waals surface area contributed by atoms with Gasteiger partial charge in [0.05, 0.1) is 40.7 Å². The Morgan fingerprint density at radius 1 is 0.662 bits per heavy atom. The Morgan fingerprint density at radius 2 is 1.11 bits per heavy atom. The number of hydrogen-bond acceptors (Lipinski definition) is 17. The number of nitrogens with zero attached hydrogens (tertiary/aromatic N) is 15. The number of nitriles is 1. The zero-order chi connectivity index (χ0) is 50.5. The van der Waals surface area contributed by atoms with Crippen LogP contribution in [0.3, 0.4) is 0 Å². The van der Waals surface area contributed by atoms with E-state index in [0.29, 0.717) is 16.6 Å². The number of aromatic nitrogens is 12. The van der Waals surface area contributed by atoms with Crippen molar-refractivity contribution >= 4 is 50.8 Å². The van der Waals surface area contributed by atoms with E-state index in [9.17, 15) is 32.4 Å². The monoisotopic (exact) mass is 1050 g/mol. The lowest BCUT2D eigenvalue weighted by molar-refractivity contribution is 0.0498. The highest BCUT2D eigenvalue weighted by Crippen LogP contribution is 2.40. The van der Waals surface area contributed by atoms with E-state index in [4.69, 9.17) is 0 Å². The quantitative estimate of drug-likeness (QED) is 0.118. The summed E-state index contributed by atoms with van der Waals surface area (Å²) in [6, 6.07) is 7.64. The number of aryl methyl sites for hydroxylation is 2. The van der Waals surface area contributed by atoms with Gasteiger partial charge in [-0.05, 0) is 153 Å². The molecule has 0 unspecified atom stereocenters. The van der Waals surface area contributed by atoms with Gasteiger partial charge in [0.1, 0.15) is 17.7 Å². The lowest BCUT2D eigenvalue weighted by Gasteiger charge is -2.47. The topological polar surface area (TPSA) is 235 Å². The molecule has 0 saturated carbocycles. The van der Waals surface area contributed by atoms with Crippen molar-refractivity contribution in [3.05, 3.63) is 90.9 Å². The molecule has 71 heavy (non-hydrogen) atoms. The van der Waals surface area contributed by atoms with Crippen molar-refractivity contribution in [2.45, 2.75) is 114 Å². The molecule has 0 radical (unpaired) electrons. The summed E-state index contributed by atoms with van der Waals surface area (Å²) in [5.74, 6) is -2.51. The molecule has 21 nitrogen and oxygen atoms in total. The summed E-state index contributed by atoms with van der Waals surface area (Å²) >= 11 is 3.25. The number of piperidine rings is 2. The van der Waals surface area contributed by atoms with Gasteiger partial charge < -0.3 is 21.3 Å². The van der Waals surface area contributed by atoms with Gasteiger partial charge in [-0.1, -0.05) is 0 Å². The number of fused-ring (bicyclic) bond motifs is 2. The van der Waals surface area contributed by atoms with Gasteiger partial charge in [0.2, 0.25) is 11.9 Å². The van der Waals surface area contributed by atoms with Gasteiger partial charge in [-0.3, -0.25) is 9.80 Å². The van der Waals surface area contributed by atoms with Crippen LogP contribution in [-0.2, 0) is 14.1 Å². The Hall–Kier alpha value is -6.85. The Balaban J connectivity index is 0.000000176. The molecule has 4 fully saturated rings. The van der Waals surface area contributed by atoms with Gasteiger partial charge in [0.25, 0.3) is 0 Å². The minimum atomic E-state index is -0.773. The lowest BCUT2D eigenvalue weighted by atomic mass is 9.84. The molecule has 6 aromatic rings. The minimum absolute atomic E-state index is 0.00120. The second-order valence-corrected chi connectivity index (χ2v) is 20.4. The van der Waals surface area contributed by atoms with Crippen LogP contribution in [0.5, 0.6) is 0 Å². The van der Waals surface area contributed by atoms with Gasteiger partial charge in [-0.25, -0.2) is 37.1 Å². The highest BCUT2D eigenvalue weighted by Gasteiger charge is 2.44. The first-order chi connectivity index (χ1) is 33.8. The van der Waals surface area contributed by atoms with E-state index in [0.717, 1.165) is 95.2 Å². The van der Waals surface area contributed by atoms with Crippen LogP contribution < -0.4 is 32.6 Å². The van der Waals surface area contributed by atoms with Crippen molar-refractivity contribution in [2.75, 3.05) is 34.4 Å². The van der Waals surface area contributed by atoms with Gasteiger partial charge in [-0.2, -0.15) is 34.0 Å². The van der Waals surface area contributed by atoms with Crippen molar-refractivity contribution in [3.63, 3.8) is 0 Å². The molecule has 4 atom stereocenters. The predicted molar refractivity (Wildman–Crippen MR) is 257 cm³/mol. The van der Waals surface area contributed by atoms with Gasteiger partial charge in [-0.15, -0.1) is 0 Å². The molecule has 10 rings (SSSR count). The molecule has 4 aromatic heterocycles. The summed E-state index contributed by atoms with van der Waals surface area (Å²) < 4.78 is 63.1. The van der Waals surface area contributed by atoms with Crippen LogP contribution in [0.4, 0.5) is 52.5 Å². The van der Waals surface area contributed by atoms with Crippen molar-refractivity contribution < 1.29 is 17.6 Å². The van der Waals surface area contributed by atoms with Crippen molar-refractivity contribution in [2.24, 2.45) is 14.1 Å². The number of hydrogen-bond donors (Lipinski definition) is 4. The Bertz CT molecular complexity index is 3150. The highest BCUT2D eigenvalue weighted by atomic mass is 79.9. The zero-order valence-corrected chi connectivity index (χ0v) is 41.3. The molecular formula is C45H52BrF4N19O2. The minimum Gasteiger partial charge on any atom is -0.365 e. The Morgan fingerprint density at radius 3 is 1.56 bits per heavy atom. The third kappa shape index (κ3) is 10.1. The van der Waals surface area contributed by atoms with E-state index in [1.54, 1.807) is 0 Å². The Labute approximate surface area is 412 Å². The molecule has 4 aliphatic heterocycles. The average molecular weight is 1050 g/mol. The van der Waals surface area contributed by atoms with Crippen LogP contribution in [-0.4, -0.2) is 118 Å². The number of benzene rings is 2. The van der Waals surface area contributed by atoms with Crippen LogP contribution in [0.1, 0.15) is 84.6 Å². The van der Waals surface area contributed by atoms with Crippen molar-refractivity contribution in [1.82, 2.24) is 69.3 Å². The first kappa shape index (κ1) is 49.1. The molecule has 4 saturated heterocycles. The summed E-state index contributed by atoms with van der Waals surface area (Å²) in [6.45, 7) is 11.0. The third-order valence-electron chi connectivity index (χ3n) is 13.7. The highest BCUT2D eigenvalue weighted by molar-refractivity contribution is 9.10. The van der Waals surface area contributed by atoms with E-state index < -0.39 is 34.6 Å². The van der Waals surface area contributed by atoms with Gasteiger partial charge >= 0.3 is 11.4 Å². The maximum Gasteiger partial charge on any atom is 0.368 e. The molecule has 0 aliphatic carbocycles. The fourth-order valence-electron chi connectivity index (χ4n) is 10.6. The van der Waals surface area contributed by atoms with Gasteiger partial charge in [0.15, 0.2) is 23.3 Å². The second kappa shape index (κ2) is 19.4. The van der Waals surface area contributed by atoms with Crippen LogP contribution in [0.2, 0.25) is 0 Å². The number of anilines is 6. The van der Waals surface area contributed by atoms with E-state index in [1.165, 1.54) is 38.7 Å². The molecule has 0 amide bonds. The number of nitrogens with one attached hydrogen (secondary N) is 4. The summed E-state index contributed by atoms with van der Waals surface area (Å²) in [7, 11) is 2.86. The summed E-state index contributed by atoms with van der Waals surface area (Å²) in [5, 5.41) is 36.2. The van der Waals surface area contributed by atoms with Crippen molar-refractivity contribution in [3.8, 4) is 17.4 Å². The lowest BCUT2D eigenvalue weighted by Crippen LogP contribution is -2.55. The number of rotatable bonds is 10. The van der Waals surface area contributed by atoms with E-state index in [1.807, 2.05) is 6.07 Å². The molecule has 0 bridgehead atoms. The molecule has 4 aliphatic rings. The summed E-state index contributed by atoms with van der Waals surface area (Å²) in [6.07, 6.45) is 10.2. The normalized spacial score (nSPS) is 21.4. The van der Waals surface area contributed by atoms with Crippen LogP contribution in [0, 0.1) is 34.6 Å². The van der Waals surface area contributed by atoms with Crippen molar-refractivity contribution in [1.29, 1.82) is 5.26 Å². The van der Waals surface area contributed by atoms with E-state index in [2.05, 4.69) is 115 Å². The zero-order valence-electron chi connectivity index (χ0n) is 39.8. The fraction of sp³-hybridized carbons (Fsp3) is 0.489. The molecule has 0 spiro atoms. The van der Waals surface area contributed by atoms with Gasteiger partial charge in [0, 0.05) is 53.8 Å². The number of tetrazole rings is 2. The van der Waals surface area contributed by atoms with Crippen LogP contribution in [0.25, 0.3) is 11.4 Å².